The normalized spacial score (nSPS) is 10.4. The van der Waals surface area contributed by atoms with Gasteiger partial charge in [-0.3, -0.25) is 0 Å². The van der Waals surface area contributed by atoms with Crippen LogP contribution in [0, 0.1) is 5.82 Å². The molecule has 2 aromatic rings. The Hall–Kier alpha value is -1.59. The highest BCUT2D eigenvalue weighted by Gasteiger charge is 2.04. The van der Waals surface area contributed by atoms with Crippen molar-refractivity contribution in [2.24, 2.45) is 0 Å². The quantitative estimate of drug-likeness (QED) is 0.768. The van der Waals surface area contributed by atoms with Gasteiger partial charge in [0.2, 0.25) is 0 Å². The summed E-state index contributed by atoms with van der Waals surface area (Å²) in [5.41, 5.74) is 1.08. The van der Waals surface area contributed by atoms with Crippen molar-refractivity contribution in [2.45, 2.75) is 6.54 Å². The predicted octanol–water partition coefficient (Wildman–Crippen LogP) is 3.77. The molecule has 0 bridgehead atoms. The third-order valence-corrected chi connectivity index (χ3v) is 3.31. The van der Waals surface area contributed by atoms with Gasteiger partial charge < -0.3 is 14.8 Å². The second-order valence-electron chi connectivity index (χ2n) is 4.43. The SMILES string of the molecule is CNCc1cc(Br)ccc1OCCOc1ccc(F)cc1. The molecule has 0 aliphatic rings. The van der Waals surface area contributed by atoms with Gasteiger partial charge in [-0.2, -0.15) is 0 Å². The Morgan fingerprint density at radius 1 is 1.05 bits per heavy atom. The predicted molar refractivity (Wildman–Crippen MR) is 84.3 cm³/mol. The van der Waals surface area contributed by atoms with E-state index in [4.69, 9.17) is 9.47 Å². The largest absolute Gasteiger partial charge is 0.490 e. The zero-order valence-electron chi connectivity index (χ0n) is 11.7. The van der Waals surface area contributed by atoms with Crippen LogP contribution in [0.1, 0.15) is 5.56 Å². The van der Waals surface area contributed by atoms with E-state index in [9.17, 15) is 4.39 Å². The molecular formula is C16H17BrFNO2. The first-order valence-electron chi connectivity index (χ1n) is 6.63. The Bertz CT molecular complexity index is 575. The van der Waals surface area contributed by atoms with Gasteiger partial charge in [-0.25, -0.2) is 4.39 Å². The fourth-order valence-corrected chi connectivity index (χ4v) is 2.27. The van der Waals surface area contributed by atoms with Crippen LogP contribution in [0.2, 0.25) is 0 Å². The molecule has 112 valence electrons. The number of halogens is 2. The minimum absolute atomic E-state index is 0.273. The van der Waals surface area contributed by atoms with Crippen molar-refractivity contribution in [2.75, 3.05) is 20.3 Å². The molecular weight excluding hydrogens is 337 g/mol. The first-order valence-corrected chi connectivity index (χ1v) is 7.42. The lowest BCUT2D eigenvalue weighted by molar-refractivity contribution is 0.215. The van der Waals surface area contributed by atoms with Gasteiger partial charge in [-0.05, 0) is 49.5 Å². The standard InChI is InChI=1S/C16H17BrFNO2/c1-19-11-12-10-13(17)2-7-16(12)21-9-8-20-15-5-3-14(18)4-6-15/h2-7,10,19H,8-9,11H2,1H3. The van der Waals surface area contributed by atoms with Crippen molar-refractivity contribution in [1.29, 1.82) is 0 Å². The van der Waals surface area contributed by atoms with E-state index in [1.165, 1.54) is 12.1 Å². The second-order valence-corrected chi connectivity index (χ2v) is 5.35. The zero-order valence-corrected chi connectivity index (χ0v) is 13.3. The minimum atomic E-state index is -0.273. The van der Waals surface area contributed by atoms with E-state index in [1.807, 2.05) is 25.2 Å². The molecule has 0 aromatic heterocycles. The molecule has 0 unspecified atom stereocenters. The van der Waals surface area contributed by atoms with E-state index in [0.29, 0.717) is 19.0 Å². The molecule has 0 amide bonds. The molecule has 0 saturated carbocycles. The lowest BCUT2D eigenvalue weighted by Gasteiger charge is -2.12. The molecule has 0 aliphatic carbocycles. The first kappa shape index (κ1) is 15.8. The smallest absolute Gasteiger partial charge is 0.124 e. The lowest BCUT2D eigenvalue weighted by atomic mass is 10.2. The second kappa shape index (κ2) is 8.00. The van der Waals surface area contributed by atoms with Crippen LogP contribution in [0.3, 0.4) is 0 Å². The van der Waals surface area contributed by atoms with E-state index in [0.717, 1.165) is 22.3 Å². The summed E-state index contributed by atoms with van der Waals surface area (Å²) in [6.45, 7) is 1.56. The van der Waals surface area contributed by atoms with E-state index >= 15 is 0 Å². The molecule has 2 aromatic carbocycles. The Morgan fingerprint density at radius 2 is 1.76 bits per heavy atom. The van der Waals surface area contributed by atoms with Crippen molar-refractivity contribution in [3.63, 3.8) is 0 Å². The summed E-state index contributed by atoms with van der Waals surface area (Å²) in [4.78, 5) is 0. The fraction of sp³-hybridized carbons (Fsp3) is 0.250. The molecule has 0 saturated heterocycles. The summed E-state index contributed by atoms with van der Waals surface area (Å²) in [6.07, 6.45) is 0. The minimum Gasteiger partial charge on any atom is -0.490 e. The van der Waals surface area contributed by atoms with Crippen LogP contribution in [0.25, 0.3) is 0 Å². The maximum atomic E-state index is 12.8. The topological polar surface area (TPSA) is 30.5 Å². The maximum absolute atomic E-state index is 12.8. The van der Waals surface area contributed by atoms with Gasteiger partial charge in [-0.1, -0.05) is 15.9 Å². The first-order chi connectivity index (χ1) is 10.2. The highest BCUT2D eigenvalue weighted by atomic mass is 79.9. The summed E-state index contributed by atoms with van der Waals surface area (Å²) in [5.74, 6) is 1.19. The van der Waals surface area contributed by atoms with E-state index in [1.54, 1.807) is 12.1 Å². The molecule has 3 nitrogen and oxygen atoms in total. The van der Waals surface area contributed by atoms with Crippen molar-refractivity contribution < 1.29 is 13.9 Å². The van der Waals surface area contributed by atoms with Crippen molar-refractivity contribution in [3.05, 3.63) is 58.3 Å². The van der Waals surface area contributed by atoms with Crippen LogP contribution in [0.15, 0.2) is 46.9 Å². The van der Waals surface area contributed by atoms with Crippen molar-refractivity contribution in [3.8, 4) is 11.5 Å². The van der Waals surface area contributed by atoms with Gasteiger partial charge in [0.25, 0.3) is 0 Å². The van der Waals surface area contributed by atoms with Crippen LogP contribution in [0.5, 0.6) is 11.5 Å². The number of rotatable bonds is 7. The molecule has 0 aliphatic heterocycles. The summed E-state index contributed by atoms with van der Waals surface area (Å²) >= 11 is 3.45. The Balaban J connectivity index is 1.84. The third-order valence-electron chi connectivity index (χ3n) is 2.81. The molecule has 0 fully saturated rings. The molecule has 21 heavy (non-hydrogen) atoms. The monoisotopic (exact) mass is 353 g/mol. The molecule has 0 atom stereocenters. The summed E-state index contributed by atoms with van der Waals surface area (Å²) in [5, 5.41) is 3.11. The molecule has 0 radical (unpaired) electrons. The molecule has 1 N–H and O–H groups in total. The van der Waals surface area contributed by atoms with Gasteiger partial charge >= 0.3 is 0 Å². The van der Waals surface area contributed by atoms with Crippen LogP contribution < -0.4 is 14.8 Å². The van der Waals surface area contributed by atoms with Gasteiger partial charge in [-0.15, -0.1) is 0 Å². The Morgan fingerprint density at radius 3 is 2.48 bits per heavy atom. The number of ether oxygens (including phenoxy) is 2. The summed E-state index contributed by atoms with van der Waals surface area (Å²) in [7, 11) is 1.89. The average Bonchev–Trinajstić information content (AvgIpc) is 2.48. The van der Waals surface area contributed by atoms with Gasteiger partial charge in [0.05, 0.1) is 0 Å². The molecule has 0 heterocycles. The fourth-order valence-electron chi connectivity index (χ4n) is 1.86. The molecule has 0 spiro atoms. The van der Waals surface area contributed by atoms with Crippen LogP contribution >= 0.6 is 15.9 Å². The highest BCUT2D eigenvalue weighted by molar-refractivity contribution is 9.10. The van der Waals surface area contributed by atoms with Gasteiger partial charge in [0.15, 0.2) is 0 Å². The zero-order chi connectivity index (χ0) is 15.1. The Kier molecular flexibility index (Phi) is 6.02. The molecule has 2 rings (SSSR count). The average molecular weight is 354 g/mol. The number of hydrogen-bond donors (Lipinski definition) is 1. The van der Waals surface area contributed by atoms with Crippen LogP contribution in [-0.2, 0) is 6.54 Å². The van der Waals surface area contributed by atoms with Crippen LogP contribution in [0.4, 0.5) is 4.39 Å². The summed E-state index contributed by atoms with van der Waals surface area (Å²) < 4.78 is 25.0. The van der Waals surface area contributed by atoms with E-state index in [-0.39, 0.29) is 5.82 Å². The number of benzene rings is 2. The molecule has 5 heteroatoms. The van der Waals surface area contributed by atoms with E-state index in [2.05, 4.69) is 21.2 Å². The summed E-state index contributed by atoms with van der Waals surface area (Å²) in [6, 6.07) is 11.8. The maximum Gasteiger partial charge on any atom is 0.124 e. The number of nitrogens with one attached hydrogen (secondary N) is 1. The number of hydrogen-bond acceptors (Lipinski definition) is 3. The van der Waals surface area contributed by atoms with Crippen LogP contribution in [-0.4, -0.2) is 20.3 Å². The third kappa shape index (κ3) is 5.02. The van der Waals surface area contributed by atoms with Crippen molar-refractivity contribution in [1.82, 2.24) is 5.32 Å². The van der Waals surface area contributed by atoms with Gasteiger partial charge in [0, 0.05) is 16.6 Å². The van der Waals surface area contributed by atoms with Gasteiger partial charge in [0.1, 0.15) is 30.5 Å². The highest BCUT2D eigenvalue weighted by Crippen LogP contribution is 2.23. The van der Waals surface area contributed by atoms with E-state index < -0.39 is 0 Å². The lowest BCUT2D eigenvalue weighted by Crippen LogP contribution is -2.12. The Labute approximate surface area is 132 Å². The van der Waals surface area contributed by atoms with Crippen molar-refractivity contribution >= 4 is 15.9 Å².